The van der Waals surface area contributed by atoms with Crippen molar-refractivity contribution < 1.29 is 0 Å². The van der Waals surface area contributed by atoms with E-state index in [0.29, 0.717) is 0 Å². The zero-order chi connectivity index (χ0) is 13.7. The highest BCUT2D eigenvalue weighted by Gasteiger charge is 2.23. The molecule has 1 atom stereocenters. The summed E-state index contributed by atoms with van der Waals surface area (Å²) < 4.78 is 1.04. The molecule has 1 aromatic heterocycles. The Balaban J connectivity index is 1.96. The molecule has 1 unspecified atom stereocenters. The molecule has 0 aliphatic carbocycles. The van der Waals surface area contributed by atoms with Gasteiger partial charge in [0.15, 0.2) is 0 Å². The molecule has 1 fully saturated rings. The molecule has 0 radical (unpaired) electrons. The predicted molar refractivity (Wildman–Crippen MR) is 80.0 cm³/mol. The molecule has 0 bridgehead atoms. The van der Waals surface area contributed by atoms with Crippen LogP contribution < -0.4 is 4.90 Å². The molecule has 0 N–H and O–H groups in total. The van der Waals surface area contributed by atoms with Crippen molar-refractivity contribution >= 4 is 21.6 Å². The first kappa shape index (κ1) is 14.3. The van der Waals surface area contributed by atoms with Crippen molar-refractivity contribution in [2.75, 3.05) is 31.1 Å². The number of anilines is 1. The topological polar surface area (TPSA) is 43.2 Å². The lowest BCUT2D eigenvalue weighted by molar-refractivity contribution is 0.211. The van der Waals surface area contributed by atoms with E-state index >= 15 is 0 Å². The Kier molecular flexibility index (Phi) is 5.17. The molecule has 0 saturated carbocycles. The summed E-state index contributed by atoms with van der Waals surface area (Å²) in [5.74, 6) is 0. The summed E-state index contributed by atoms with van der Waals surface area (Å²) in [4.78, 5) is 8.74. The largest absolute Gasteiger partial charge is 0.368 e. The summed E-state index contributed by atoms with van der Waals surface area (Å²) in [6, 6.07) is 4.54. The van der Waals surface area contributed by atoms with Gasteiger partial charge in [-0.2, -0.15) is 5.26 Å². The molecule has 1 aromatic rings. The van der Waals surface area contributed by atoms with E-state index in [1.54, 1.807) is 0 Å². The smallest absolute Gasteiger partial charge is 0.0979 e. The monoisotopic (exact) mass is 322 g/mol. The average Bonchev–Trinajstić information content (AvgIpc) is 2.46. The van der Waals surface area contributed by atoms with E-state index in [2.05, 4.69) is 43.7 Å². The molecule has 0 aromatic carbocycles. The zero-order valence-electron chi connectivity index (χ0n) is 11.2. The van der Waals surface area contributed by atoms with Gasteiger partial charge in [-0.1, -0.05) is 13.3 Å². The average molecular weight is 323 g/mol. The highest BCUT2D eigenvalue weighted by Crippen LogP contribution is 2.26. The Morgan fingerprint density at radius 2 is 2.16 bits per heavy atom. The van der Waals surface area contributed by atoms with Crippen LogP contribution in [0.4, 0.5) is 5.69 Å². The van der Waals surface area contributed by atoms with Crippen molar-refractivity contribution in [1.29, 1.82) is 5.26 Å². The molecule has 5 heteroatoms. The number of hydrogen-bond donors (Lipinski definition) is 0. The lowest BCUT2D eigenvalue weighted by Gasteiger charge is -2.38. The van der Waals surface area contributed by atoms with Crippen LogP contribution in [-0.2, 0) is 0 Å². The first-order chi connectivity index (χ1) is 9.26. The van der Waals surface area contributed by atoms with Crippen LogP contribution in [-0.4, -0.2) is 42.1 Å². The first-order valence-corrected chi connectivity index (χ1v) is 7.53. The maximum atomic E-state index is 9.22. The molecule has 1 saturated heterocycles. The van der Waals surface area contributed by atoms with Crippen molar-refractivity contribution in [3.8, 4) is 6.07 Å². The van der Waals surface area contributed by atoms with Crippen LogP contribution in [0.15, 0.2) is 22.9 Å². The molecule has 1 aliphatic heterocycles. The van der Waals surface area contributed by atoms with E-state index in [4.69, 9.17) is 0 Å². The fraction of sp³-hybridized carbons (Fsp3) is 0.571. The van der Waals surface area contributed by atoms with Gasteiger partial charge in [0.25, 0.3) is 0 Å². The van der Waals surface area contributed by atoms with Gasteiger partial charge in [-0.05, 0) is 28.4 Å². The van der Waals surface area contributed by atoms with Crippen molar-refractivity contribution in [2.45, 2.75) is 25.8 Å². The summed E-state index contributed by atoms with van der Waals surface area (Å²) in [7, 11) is 0. The van der Waals surface area contributed by atoms with Crippen LogP contribution in [0.2, 0.25) is 0 Å². The lowest BCUT2D eigenvalue weighted by Crippen LogP contribution is -2.50. The van der Waals surface area contributed by atoms with Crippen molar-refractivity contribution in [1.82, 2.24) is 9.88 Å². The van der Waals surface area contributed by atoms with Gasteiger partial charge in [0.2, 0.25) is 0 Å². The third-order valence-electron chi connectivity index (χ3n) is 3.56. The van der Waals surface area contributed by atoms with Crippen LogP contribution >= 0.6 is 15.9 Å². The number of piperazine rings is 1. The van der Waals surface area contributed by atoms with Gasteiger partial charge >= 0.3 is 0 Å². The van der Waals surface area contributed by atoms with Crippen molar-refractivity contribution in [3.63, 3.8) is 0 Å². The van der Waals surface area contributed by atoms with Crippen LogP contribution in [0.5, 0.6) is 0 Å². The Bertz CT molecular complexity index is 449. The second-order valence-corrected chi connectivity index (χ2v) is 5.64. The summed E-state index contributed by atoms with van der Waals surface area (Å²) in [6.07, 6.45) is 5.68. The number of pyridine rings is 1. The molecule has 0 spiro atoms. The Morgan fingerprint density at radius 1 is 1.42 bits per heavy atom. The van der Waals surface area contributed by atoms with Gasteiger partial charge in [0, 0.05) is 38.6 Å². The number of hydrogen-bond acceptors (Lipinski definition) is 4. The maximum Gasteiger partial charge on any atom is 0.0979 e. The fourth-order valence-corrected chi connectivity index (χ4v) is 3.00. The van der Waals surface area contributed by atoms with E-state index in [-0.39, 0.29) is 6.04 Å². The second-order valence-electron chi connectivity index (χ2n) is 4.78. The normalized spacial score (nSPS) is 18.1. The summed E-state index contributed by atoms with van der Waals surface area (Å²) in [6.45, 7) is 5.96. The van der Waals surface area contributed by atoms with Gasteiger partial charge in [-0.3, -0.25) is 9.88 Å². The van der Waals surface area contributed by atoms with Crippen molar-refractivity contribution in [2.24, 2.45) is 0 Å². The van der Waals surface area contributed by atoms with Crippen LogP contribution in [0.25, 0.3) is 0 Å². The first-order valence-electron chi connectivity index (χ1n) is 6.74. The SMILES string of the molecule is CCCC(C#N)N1CCN(c2ccncc2Br)CC1. The number of rotatable bonds is 4. The Hall–Kier alpha value is -1.12. The highest BCUT2D eigenvalue weighted by molar-refractivity contribution is 9.10. The molecular weight excluding hydrogens is 304 g/mol. The number of aromatic nitrogens is 1. The minimum atomic E-state index is 0.0769. The standard InChI is InChI=1S/C14H19BrN4/c1-2-3-12(10-16)18-6-8-19(9-7-18)14-4-5-17-11-13(14)15/h4-5,11-12H,2-3,6-9H2,1H3. The van der Waals surface area contributed by atoms with Crippen LogP contribution in [0, 0.1) is 11.3 Å². The second kappa shape index (κ2) is 6.88. The van der Waals surface area contributed by atoms with E-state index in [9.17, 15) is 5.26 Å². The molecule has 1 aliphatic rings. The lowest BCUT2D eigenvalue weighted by atomic mass is 10.1. The Morgan fingerprint density at radius 3 is 2.74 bits per heavy atom. The van der Waals surface area contributed by atoms with E-state index in [1.807, 2.05) is 18.5 Å². The maximum absolute atomic E-state index is 9.22. The zero-order valence-corrected chi connectivity index (χ0v) is 12.8. The molecule has 19 heavy (non-hydrogen) atoms. The Labute approximate surface area is 123 Å². The highest BCUT2D eigenvalue weighted by atomic mass is 79.9. The molecule has 0 amide bonds. The minimum absolute atomic E-state index is 0.0769. The van der Waals surface area contributed by atoms with Crippen LogP contribution in [0.1, 0.15) is 19.8 Å². The van der Waals surface area contributed by atoms with Gasteiger partial charge < -0.3 is 4.90 Å². The third kappa shape index (κ3) is 3.46. The van der Waals surface area contributed by atoms with Crippen LogP contribution in [0.3, 0.4) is 0 Å². The van der Waals surface area contributed by atoms with E-state index in [0.717, 1.165) is 43.5 Å². The molecular formula is C14H19BrN4. The van der Waals surface area contributed by atoms with Crippen molar-refractivity contribution in [3.05, 3.63) is 22.9 Å². The van der Waals surface area contributed by atoms with E-state index < -0.39 is 0 Å². The molecule has 2 rings (SSSR count). The quantitative estimate of drug-likeness (QED) is 0.854. The number of nitriles is 1. The minimum Gasteiger partial charge on any atom is -0.368 e. The van der Waals surface area contributed by atoms with Gasteiger partial charge in [0.1, 0.15) is 0 Å². The summed E-state index contributed by atoms with van der Waals surface area (Å²) in [5.41, 5.74) is 1.19. The number of halogens is 1. The third-order valence-corrected chi connectivity index (χ3v) is 4.17. The van der Waals surface area contributed by atoms with E-state index in [1.165, 1.54) is 5.69 Å². The molecule has 102 valence electrons. The summed E-state index contributed by atoms with van der Waals surface area (Å²) in [5, 5.41) is 9.22. The van der Waals surface area contributed by atoms with Gasteiger partial charge in [0.05, 0.1) is 22.3 Å². The van der Waals surface area contributed by atoms with Gasteiger partial charge in [-0.25, -0.2) is 0 Å². The molecule has 2 heterocycles. The van der Waals surface area contributed by atoms with Gasteiger partial charge in [-0.15, -0.1) is 0 Å². The number of nitrogens with zero attached hydrogens (tertiary/aromatic N) is 4. The molecule has 4 nitrogen and oxygen atoms in total. The predicted octanol–water partition coefficient (Wildman–Crippen LogP) is 2.66. The fourth-order valence-electron chi connectivity index (χ4n) is 2.50. The summed E-state index contributed by atoms with van der Waals surface area (Å²) >= 11 is 3.54.